The van der Waals surface area contributed by atoms with Crippen molar-refractivity contribution in [3.8, 4) is 11.4 Å². The number of hydrogen-bond acceptors (Lipinski definition) is 2. The molecule has 0 unspecified atom stereocenters. The first-order valence-electron chi connectivity index (χ1n) is 5.00. The number of nitrogens with zero attached hydrogens (tertiary/aromatic N) is 2. The van der Waals surface area contributed by atoms with E-state index < -0.39 is 0 Å². The van der Waals surface area contributed by atoms with Crippen LogP contribution in [0.5, 0.6) is 0 Å². The third kappa shape index (κ3) is 1.77. The summed E-state index contributed by atoms with van der Waals surface area (Å²) in [6, 6.07) is 7.26. The molecule has 2 heterocycles. The fourth-order valence-electron chi connectivity index (χ4n) is 1.67. The van der Waals surface area contributed by atoms with Crippen LogP contribution in [0.4, 0.5) is 0 Å². The molecule has 84 valence electrons. The Hall–Kier alpha value is -1.58. The van der Waals surface area contributed by atoms with Gasteiger partial charge < -0.3 is 4.98 Å². The van der Waals surface area contributed by atoms with E-state index in [4.69, 9.17) is 23.2 Å². The van der Waals surface area contributed by atoms with Crippen LogP contribution in [0.3, 0.4) is 0 Å². The molecule has 3 rings (SSSR count). The number of halogens is 2. The zero-order chi connectivity index (χ0) is 11.8. The van der Waals surface area contributed by atoms with E-state index in [2.05, 4.69) is 15.0 Å². The maximum absolute atomic E-state index is 6.08. The SMILES string of the molecule is Clc1ccc(Cl)c2[nH]c(-c3cccnc3)nc12. The number of fused-ring (bicyclic) bond motifs is 1. The lowest BCUT2D eigenvalue weighted by molar-refractivity contribution is 1.27. The van der Waals surface area contributed by atoms with Crippen molar-refractivity contribution in [2.75, 3.05) is 0 Å². The van der Waals surface area contributed by atoms with Gasteiger partial charge in [0.25, 0.3) is 0 Å². The molecule has 0 bridgehead atoms. The number of pyridine rings is 1. The summed E-state index contributed by atoms with van der Waals surface area (Å²) in [6.07, 6.45) is 3.45. The minimum atomic E-state index is 0.579. The molecule has 3 aromatic rings. The molecule has 1 aromatic carbocycles. The van der Waals surface area contributed by atoms with Crippen LogP contribution in [0.1, 0.15) is 0 Å². The smallest absolute Gasteiger partial charge is 0.140 e. The molecule has 2 aromatic heterocycles. The molecule has 0 fully saturated rings. The summed E-state index contributed by atoms with van der Waals surface area (Å²) in [5.41, 5.74) is 2.33. The number of benzene rings is 1. The number of aromatic amines is 1. The van der Waals surface area contributed by atoms with Gasteiger partial charge in [0.1, 0.15) is 11.3 Å². The van der Waals surface area contributed by atoms with Crippen molar-refractivity contribution in [2.45, 2.75) is 0 Å². The summed E-state index contributed by atoms with van der Waals surface area (Å²) in [6.45, 7) is 0. The number of nitrogens with one attached hydrogen (secondary N) is 1. The molecule has 17 heavy (non-hydrogen) atoms. The Balaban J connectivity index is 2.27. The summed E-state index contributed by atoms with van der Waals surface area (Å²) >= 11 is 12.2. The van der Waals surface area contributed by atoms with Gasteiger partial charge in [-0.2, -0.15) is 0 Å². The molecule has 0 aliphatic rings. The van der Waals surface area contributed by atoms with Gasteiger partial charge in [0.2, 0.25) is 0 Å². The van der Waals surface area contributed by atoms with Crippen molar-refractivity contribution in [2.24, 2.45) is 0 Å². The Labute approximate surface area is 107 Å². The second-order valence-electron chi connectivity index (χ2n) is 3.58. The average Bonchev–Trinajstić information content (AvgIpc) is 2.81. The summed E-state index contributed by atoms with van der Waals surface area (Å²) < 4.78 is 0. The van der Waals surface area contributed by atoms with Crippen molar-refractivity contribution >= 4 is 34.2 Å². The second-order valence-corrected chi connectivity index (χ2v) is 4.39. The molecule has 0 spiro atoms. The number of aromatic nitrogens is 3. The van der Waals surface area contributed by atoms with E-state index in [0.717, 1.165) is 11.1 Å². The van der Waals surface area contributed by atoms with Crippen LogP contribution < -0.4 is 0 Å². The van der Waals surface area contributed by atoms with E-state index in [9.17, 15) is 0 Å². The number of hydrogen-bond donors (Lipinski definition) is 1. The predicted molar refractivity (Wildman–Crippen MR) is 69.3 cm³/mol. The number of imidazole rings is 1. The van der Waals surface area contributed by atoms with Gasteiger partial charge in [-0.25, -0.2) is 4.98 Å². The highest BCUT2D eigenvalue weighted by Gasteiger charge is 2.10. The van der Waals surface area contributed by atoms with Gasteiger partial charge in [-0.15, -0.1) is 0 Å². The molecule has 0 aliphatic heterocycles. The first kappa shape index (κ1) is 10.6. The molecule has 3 nitrogen and oxygen atoms in total. The molecule has 1 N–H and O–H groups in total. The van der Waals surface area contributed by atoms with Gasteiger partial charge in [-0.3, -0.25) is 4.98 Å². The van der Waals surface area contributed by atoms with E-state index in [0.29, 0.717) is 21.4 Å². The first-order valence-corrected chi connectivity index (χ1v) is 5.75. The Morgan fingerprint density at radius 3 is 2.59 bits per heavy atom. The molecule has 0 radical (unpaired) electrons. The van der Waals surface area contributed by atoms with Gasteiger partial charge in [0.15, 0.2) is 0 Å². The molecular formula is C12H7Cl2N3. The monoisotopic (exact) mass is 263 g/mol. The molecule has 0 aliphatic carbocycles. The minimum Gasteiger partial charge on any atom is -0.337 e. The molecule has 0 amide bonds. The lowest BCUT2D eigenvalue weighted by atomic mass is 10.3. The largest absolute Gasteiger partial charge is 0.337 e. The van der Waals surface area contributed by atoms with Crippen LogP contribution in [0.15, 0.2) is 36.7 Å². The van der Waals surface area contributed by atoms with Gasteiger partial charge >= 0.3 is 0 Å². The van der Waals surface area contributed by atoms with Crippen LogP contribution in [0, 0.1) is 0 Å². The van der Waals surface area contributed by atoms with Gasteiger partial charge in [-0.1, -0.05) is 23.2 Å². The highest BCUT2D eigenvalue weighted by atomic mass is 35.5. The van der Waals surface area contributed by atoms with E-state index in [1.54, 1.807) is 24.5 Å². The van der Waals surface area contributed by atoms with E-state index in [1.165, 1.54) is 0 Å². The summed E-state index contributed by atoms with van der Waals surface area (Å²) in [7, 11) is 0. The highest BCUT2D eigenvalue weighted by molar-refractivity contribution is 6.39. The average molecular weight is 264 g/mol. The minimum absolute atomic E-state index is 0.579. The van der Waals surface area contributed by atoms with Crippen LogP contribution in [0.2, 0.25) is 10.0 Å². The normalized spacial score (nSPS) is 10.9. The van der Waals surface area contributed by atoms with Gasteiger partial charge in [0, 0.05) is 18.0 Å². The summed E-state index contributed by atoms with van der Waals surface area (Å²) in [4.78, 5) is 11.6. The number of rotatable bonds is 1. The van der Waals surface area contributed by atoms with Crippen LogP contribution in [0.25, 0.3) is 22.4 Å². The van der Waals surface area contributed by atoms with Gasteiger partial charge in [-0.05, 0) is 24.3 Å². The van der Waals surface area contributed by atoms with Crippen molar-refractivity contribution in [1.29, 1.82) is 0 Å². The maximum Gasteiger partial charge on any atom is 0.140 e. The fourth-order valence-corrected chi connectivity index (χ4v) is 2.07. The van der Waals surface area contributed by atoms with Crippen molar-refractivity contribution in [1.82, 2.24) is 15.0 Å². The molecule has 0 saturated carbocycles. The lowest BCUT2D eigenvalue weighted by Crippen LogP contribution is -1.80. The zero-order valence-electron chi connectivity index (χ0n) is 8.61. The molecular weight excluding hydrogens is 257 g/mol. The third-order valence-corrected chi connectivity index (χ3v) is 3.10. The maximum atomic E-state index is 6.08. The van der Waals surface area contributed by atoms with E-state index in [1.807, 2.05) is 12.1 Å². The Bertz CT molecular complexity index is 638. The van der Waals surface area contributed by atoms with E-state index >= 15 is 0 Å². The van der Waals surface area contributed by atoms with Crippen LogP contribution >= 0.6 is 23.2 Å². The Kier molecular flexibility index (Phi) is 2.50. The van der Waals surface area contributed by atoms with Crippen molar-refractivity contribution in [3.05, 3.63) is 46.7 Å². The summed E-state index contributed by atoms with van der Waals surface area (Å²) in [5.74, 6) is 0.711. The molecule has 5 heteroatoms. The van der Waals surface area contributed by atoms with Crippen LogP contribution in [-0.4, -0.2) is 15.0 Å². The lowest BCUT2D eigenvalue weighted by Gasteiger charge is -1.93. The molecule has 0 atom stereocenters. The first-order chi connectivity index (χ1) is 8.25. The molecule has 0 saturated heterocycles. The fraction of sp³-hybridized carbons (Fsp3) is 0. The zero-order valence-corrected chi connectivity index (χ0v) is 10.1. The standard InChI is InChI=1S/C12H7Cl2N3/c13-8-3-4-9(14)11-10(8)16-12(17-11)7-2-1-5-15-6-7/h1-6H,(H,16,17). The Morgan fingerprint density at radius 2 is 1.88 bits per heavy atom. The van der Waals surface area contributed by atoms with Gasteiger partial charge in [0.05, 0.1) is 15.6 Å². The van der Waals surface area contributed by atoms with Crippen molar-refractivity contribution < 1.29 is 0 Å². The third-order valence-electron chi connectivity index (χ3n) is 2.48. The number of H-pyrrole nitrogens is 1. The topological polar surface area (TPSA) is 41.6 Å². The highest BCUT2D eigenvalue weighted by Crippen LogP contribution is 2.30. The second kappa shape index (κ2) is 4.02. The quantitative estimate of drug-likeness (QED) is 0.723. The predicted octanol–water partition coefficient (Wildman–Crippen LogP) is 3.93. The Morgan fingerprint density at radius 1 is 1.06 bits per heavy atom. The van der Waals surface area contributed by atoms with Crippen molar-refractivity contribution in [3.63, 3.8) is 0 Å². The van der Waals surface area contributed by atoms with E-state index in [-0.39, 0.29) is 0 Å². The summed E-state index contributed by atoms with van der Waals surface area (Å²) in [5, 5.41) is 1.18. The van der Waals surface area contributed by atoms with Crippen LogP contribution in [-0.2, 0) is 0 Å².